The van der Waals surface area contributed by atoms with E-state index in [1.807, 2.05) is 6.92 Å². The Balaban J connectivity index is 3.57. The molecule has 0 aromatic heterocycles. The lowest BCUT2D eigenvalue weighted by Crippen LogP contribution is -2.36. The van der Waals surface area contributed by atoms with E-state index in [1.54, 1.807) is 6.92 Å². The van der Waals surface area contributed by atoms with Crippen LogP contribution in [0.1, 0.15) is 40.5 Å². The van der Waals surface area contributed by atoms with E-state index in [9.17, 15) is 4.79 Å². The van der Waals surface area contributed by atoms with Gasteiger partial charge in [0.15, 0.2) is 0 Å². The van der Waals surface area contributed by atoms with Crippen LogP contribution in [-0.2, 0) is 9.53 Å². The molecule has 1 amide bonds. The molecule has 3 N–H and O–H groups in total. The predicted molar refractivity (Wildman–Crippen MR) is 66.1 cm³/mol. The fourth-order valence-corrected chi connectivity index (χ4v) is 1.12. The predicted octanol–water partition coefficient (Wildman–Crippen LogP) is 1.29. The van der Waals surface area contributed by atoms with Crippen molar-refractivity contribution in [1.29, 1.82) is 0 Å². The molecule has 0 aliphatic heterocycles. The minimum atomic E-state index is -0.369. The SMILES string of the molecule is CC(C)CCOC(C)C(=O)NCCC(C)N. The average Bonchev–Trinajstić information content (AvgIpc) is 2.16. The summed E-state index contributed by atoms with van der Waals surface area (Å²) in [4.78, 5) is 11.5. The van der Waals surface area contributed by atoms with Crippen LogP contribution in [0.15, 0.2) is 0 Å². The van der Waals surface area contributed by atoms with Crippen molar-refractivity contribution in [1.82, 2.24) is 5.32 Å². The molecular weight excluding hydrogens is 204 g/mol. The average molecular weight is 230 g/mol. The second kappa shape index (κ2) is 8.53. The molecule has 0 radical (unpaired) electrons. The number of carbonyl (C=O) groups is 1. The number of ether oxygens (including phenoxy) is 1. The van der Waals surface area contributed by atoms with Crippen molar-refractivity contribution in [3.63, 3.8) is 0 Å². The zero-order valence-corrected chi connectivity index (χ0v) is 11.0. The van der Waals surface area contributed by atoms with E-state index >= 15 is 0 Å². The quantitative estimate of drug-likeness (QED) is 0.660. The van der Waals surface area contributed by atoms with Gasteiger partial charge in [-0.25, -0.2) is 0 Å². The molecule has 0 aromatic rings. The Hall–Kier alpha value is -0.610. The van der Waals surface area contributed by atoms with Gasteiger partial charge in [0.1, 0.15) is 6.10 Å². The summed E-state index contributed by atoms with van der Waals surface area (Å²) in [5, 5.41) is 2.81. The molecule has 0 rings (SSSR count). The number of nitrogens with two attached hydrogens (primary N) is 1. The van der Waals surface area contributed by atoms with E-state index in [2.05, 4.69) is 19.2 Å². The maximum atomic E-state index is 11.5. The standard InChI is InChI=1S/C12H26N2O2/c1-9(2)6-8-16-11(4)12(15)14-7-5-10(3)13/h9-11H,5-8,13H2,1-4H3,(H,14,15). The second-order valence-corrected chi connectivity index (χ2v) is 4.75. The molecule has 0 heterocycles. The number of hydrogen-bond acceptors (Lipinski definition) is 3. The molecule has 2 atom stereocenters. The van der Waals surface area contributed by atoms with Gasteiger partial charge in [0, 0.05) is 19.2 Å². The Labute approximate surface area is 98.9 Å². The van der Waals surface area contributed by atoms with Crippen LogP contribution in [0.2, 0.25) is 0 Å². The van der Waals surface area contributed by atoms with Gasteiger partial charge in [-0.15, -0.1) is 0 Å². The number of rotatable bonds is 8. The van der Waals surface area contributed by atoms with Gasteiger partial charge in [0.2, 0.25) is 5.91 Å². The van der Waals surface area contributed by atoms with Crippen molar-refractivity contribution in [2.75, 3.05) is 13.2 Å². The second-order valence-electron chi connectivity index (χ2n) is 4.75. The van der Waals surface area contributed by atoms with Gasteiger partial charge < -0.3 is 15.8 Å². The topological polar surface area (TPSA) is 64.3 Å². The fraction of sp³-hybridized carbons (Fsp3) is 0.917. The largest absolute Gasteiger partial charge is 0.369 e. The highest BCUT2D eigenvalue weighted by molar-refractivity contribution is 5.80. The summed E-state index contributed by atoms with van der Waals surface area (Å²) in [7, 11) is 0. The van der Waals surface area contributed by atoms with Crippen molar-refractivity contribution in [3.05, 3.63) is 0 Å². The normalized spacial score (nSPS) is 14.9. The van der Waals surface area contributed by atoms with Crippen LogP contribution in [0.25, 0.3) is 0 Å². The molecule has 0 saturated carbocycles. The summed E-state index contributed by atoms with van der Waals surface area (Å²) >= 11 is 0. The Kier molecular flexibility index (Phi) is 8.21. The highest BCUT2D eigenvalue weighted by atomic mass is 16.5. The van der Waals surface area contributed by atoms with Crippen LogP contribution in [0, 0.1) is 5.92 Å². The number of hydrogen-bond donors (Lipinski definition) is 2. The van der Waals surface area contributed by atoms with Gasteiger partial charge in [-0.1, -0.05) is 13.8 Å². The lowest BCUT2D eigenvalue weighted by atomic mass is 10.1. The Bertz CT molecular complexity index is 193. The molecule has 0 aromatic carbocycles. The monoisotopic (exact) mass is 230 g/mol. The van der Waals surface area contributed by atoms with Crippen LogP contribution >= 0.6 is 0 Å². The first kappa shape index (κ1) is 15.4. The van der Waals surface area contributed by atoms with Gasteiger partial charge in [0.25, 0.3) is 0 Å². The molecule has 0 aliphatic carbocycles. The van der Waals surface area contributed by atoms with Crippen LogP contribution in [0.4, 0.5) is 0 Å². The highest BCUT2D eigenvalue weighted by Gasteiger charge is 2.12. The summed E-state index contributed by atoms with van der Waals surface area (Å²) in [6.07, 6.45) is 1.41. The zero-order chi connectivity index (χ0) is 12.6. The van der Waals surface area contributed by atoms with Crippen molar-refractivity contribution < 1.29 is 9.53 Å². The van der Waals surface area contributed by atoms with E-state index in [0.717, 1.165) is 12.8 Å². The number of nitrogens with one attached hydrogen (secondary N) is 1. The van der Waals surface area contributed by atoms with Crippen molar-refractivity contribution >= 4 is 5.91 Å². The molecule has 0 bridgehead atoms. The molecular formula is C12H26N2O2. The maximum Gasteiger partial charge on any atom is 0.248 e. The fourth-order valence-electron chi connectivity index (χ4n) is 1.12. The first-order chi connectivity index (χ1) is 7.43. The van der Waals surface area contributed by atoms with Gasteiger partial charge in [-0.05, 0) is 32.6 Å². The number of amides is 1. The first-order valence-corrected chi connectivity index (χ1v) is 6.08. The minimum absolute atomic E-state index is 0.0515. The van der Waals surface area contributed by atoms with E-state index in [1.165, 1.54) is 0 Å². The molecule has 0 spiro atoms. The Morgan fingerprint density at radius 3 is 2.38 bits per heavy atom. The van der Waals surface area contributed by atoms with Crippen molar-refractivity contribution in [2.24, 2.45) is 11.7 Å². The van der Waals surface area contributed by atoms with E-state index in [4.69, 9.17) is 10.5 Å². The summed E-state index contributed by atoms with van der Waals surface area (Å²) < 4.78 is 5.43. The molecule has 0 saturated heterocycles. The molecule has 16 heavy (non-hydrogen) atoms. The van der Waals surface area contributed by atoms with Crippen LogP contribution in [0.5, 0.6) is 0 Å². The third-order valence-electron chi connectivity index (χ3n) is 2.33. The summed E-state index contributed by atoms with van der Waals surface area (Å²) in [5.74, 6) is 0.553. The molecule has 2 unspecified atom stereocenters. The lowest BCUT2D eigenvalue weighted by molar-refractivity contribution is -0.131. The van der Waals surface area contributed by atoms with Crippen LogP contribution in [0.3, 0.4) is 0 Å². The lowest BCUT2D eigenvalue weighted by Gasteiger charge is -2.14. The van der Waals surface area contributed by atoms with E-state index in [0.29, 0.717) is 19.1 Å². The van der Waals surface area contributed by atoms with E-state index < -0.39 is 0 Å². The van der Waals surface area contributed by atoms with Crippen LogP contribution in [-0.4, -0.2) is 31.2 Å². The molecule has 4 nitrogen and oxygen atoms in total. The summed E-state index contributed by atoms with van der Waals surface area (Å²) in [5.41, 5.74) is 5.59. The molecule has 96 valence electrons. The highest BCUT2D eigenvalue weighted by Crippen LogP contribution is 2.01. The smallest absolute Gasteiger partial charge is 0.248 e. The van der Waals surface area contributed by atoms with E-state index in [-0.39, 0.29) is 18.1 Å². The molecule has 0 aliphatic rings. The number of carbonyl (C=O) groups excluding carboxylic acids is 1. The maximum absolute atomic E-state index is 11.5. The third kappa shape index (κ3) is 8.68. The summed E-state index contributed by atoms with van der Waals surface area (Å²) in [6.45, 7) is 9.23. The van der Waals surface area contributed by atoms with Crippen molar-refractivity contribution in [2.45, 2.75) is 52.7 Å². The van der Waals surface area contributed by atoms with Gasteiger partial charge >= 0.3 is 0 Å². The van der Waals surface area contributed by atoms with Crippen molar-refractivity contribution in [3.8, 4) is 0 Å². The minimum Gasteiger partial charge on any atom is -0.369 e. The van der Waals surface area contributed by atoms with Gasteiger partial charge in [0.05, 0.1) is 0 Å². The molecule has 0 fully saturated rings. The van der Waals surface area contributed by atoms with Gasteiger partial charge in [-0.3, -0.25) is 4.79 Å². The Morgan fingerprint density at radius 2 is 1.88 bits per heavy atom. The van der Waals surface area contributed by atoms with Gasteiger partial charge in [-0.2, -0.15) is 0 Å². The first-order valence-electron chi connectivity index (χ1n) is 6.08. The third-order valence-corrected chi connectivity index (χ3v) is 2.33. The zero-order valence-electron chi connectivity index (χ0n) is 11.0. The summed E-state index contributed by atoms with van der Waals surface area (Å²) in [6, 6.07) is 0.123. The molecule has 4 heteroatoms. The Morgan fingerprint density at radius 1 is 1.25 bits per heavy atom. The van der Waals surface area contributed by atoms with Crippen LogP contribution < -0.4 is 11.1 Å².